The van der Waals surface area contributed by atoms with Gasteiger partial charge in [-0.15, -0.1) is 4.98 Å². The first-order valence-corrected chi connectivity index (χ1v) is 11.1. The van der Waals surface area contributed by atoms with E-state index in [9.17, 15) is 5.26 Å². The van der Waals surface area contributed by atoms with Crippen molar-refractivity contribution in [2.24, 2.45) is 0 Å². The van der Waals surface area contributed by atoms with E-state index >= 15 is 0 Å². The molecule has 5 nitrogen and oxygen atoms in total. The van der Waals surface area contributed by atoms with Crippen LogP contribution in [0.5, 0.6) is 0 Å². The highest BCUT2D eigenvalue weighted by atomic mass is 15.0. The molecule has 0 radical (unpaired) electrons. The first-order chi connectivity index (χ1) is 17.3. The summed E-state index contributed by atoms with van der Waals surface area (Å²) in [5.74, 6) is 0.361. The van der Waals surface area contributed by atoms with Gasteiger partial charge in [0.2, 0.25) is 0 Å². The zero-order valence-corrected chi connectivity index (χ0v) is 18.6. The number of nitrogens with zero attached hydrogens (tertiary/aromatic N) is 5. The summed E-state index contributed by atoms with van der Waals surface area (Å²) >= 11 is 0. The zero-order chi connectivity index (χ0) is 23.8. The van der Waals surface area contributed by atoms with Crippen molar-refractivity contribution in [2.45, 2.75) is 0 Å². The van der Waals surface area contributed by atoms with Crippen molar-refractivity contribution in [2.75, 3.05) is 0 Å². The Morgan fingerprint density at radius 3 is 1.80 bits per heavy atom. The molecule has 0 saturated carbocycles. The first-order valence-electron chi connectivity index (χ1n) is 11.1. The molecule has 0 amide bonds. The lowest BCUT2D eigenvalue weighted by molar-refractivity contribution is 1.18. The molecule has 0 saturated heterocycles. The molecule has 6 aromatic rings. The summed E-state index contributed by atoms with van der Waals surface area (Å²) in [4.78, 5) is 12.1. The molecule has 5 heteroatoms. The van der Waals surface area contributed by atoms with Crippen molar-refractivity contribution in [3.63, 3.8) is 0 Å². The third-order valence-corrected chi connectivity index (χ3v) is 6.20. The van der Waals surface area contributed by atoms with E-state index in [2.05, 4.69) is 86.1 Å². The summed E-state index contributed by atoms with van der Waals surface area (Å²) in [6.45, 7) is 7.26. The van der Waals surface area contributed by atoms with Crippen LogP contribution in [0.1, 0.15) is 5.69 Å². The number of para-hydroxylation sites is 3. The third kappa shape index (κ3) is 3.31. The second kappa shape index (κ2) is 8.26. The predicted octanol–water partition coefficient (Wildman–Crippen LogP) is 7.33. The fourth-order valence-corrected chi connectivity index (χ4v) is 4.64. The van der Waals surface area contributed by atoms with Crippen LogP contribution in [0.25, 0.3) is 54.6 Å². The highest BCUT2D eigenvalue weighted by molar-refractivity contribution is 6.10. The van der Waals surface area contributed by atoms with Crippen molar-refractivity contribution in [1.29, 1.82) is 5.26 Å². The maximum Gasteiger partial charge on any atom is 0.269 e. The summed E-state index contributed by atoms with van der Waals surface area (Å²) in [5, 5.41) is 11.6. The summed E-state index contributed by atoms with van der Waals surface area (Å²) in [6, 6.07) is 32.4. The highest BCUT2D eigenvalue weighted by Crippen LogP contribution is 2.41. The molecule has 162 valence electrons. The average Bonchev–Trinajstić information content (AvgIpc) is 3.27. The Hall–Kier alpha value is -5.26. The molecular weight excluding hydrogens is 430 g/mol. The largest absolute Gasteiger partial charge is 0.361 e. The minimum Gasteiger partial charge on any atom is -0.361 e. The Bertz CT molecular complexity index is 1670. The summed E-state index contributed by atoms with van der Waals surface area (Å²) < 4.78 is 2.29. The van der Waals surface area contributed by atoms with Crippen molar-refractivity contribution in [3.05, 3.63) is 121 Å². The fourth-order valence-electron chi connectivity index (χ4n) is 4.64. The number of fused-ring (bicyclic) bond motifs is 3. The second-order valence-electron chi connectivity index (χ2n) is 8.13. The minimum absolute atomic E-state index is 0.361. The number of aromatic nitrogens is 3. The van der Waals surface area contributed by atoms with Crippen LogP contribution in [-0.2, 0) is 0 Å². The first kappa shape index (κ1) is 20.4. The molecule has 0 N–H and O–H groups in total. The number of hydrogen-bond acceptors (Lipinski definition) is 3. The predicted molar refractivity (Wildman–Crippen MR) is 138 cm³/mol. The van der Waals surface area contributed by atoms with Crippen molar-refractivity contribution >= 4 is 27.6 Å². The van der Waals surface area contributed by atoms with Crippen LogP contribution in [0.15, 0.2) is 103 Å². The van der Waals surface area contributed by atoms with Gasteiger partial charge in [-0.1, -0.05) is 67.2 Å². The van der Waals surface area contributed by atoms with Crippen LogP contribution in [0.3, 0.4) is 0 Å². The number of rotatable bonds is 3. The molecule has 0 spiro atoms. The van der Waals surface area contributed by atoms with Crippen LogP contribution in [-0.4, -0.2) is 14.5 Å². The molecule has 0 fully saturated rings. The third-order valence-electron chi connectivity index (χ3n) is 6.20. The summed E-state index contributed by atoms with van der Waals surface area (Å²) in [6.07, 6.45) is 3.50. The van der Waals surface area contributed by atoms with E-state index in [1.165, 1.54) is 10.8 Å². The van der Waals surface area contributed by atoms with Crippen LogP contribution < -0.4 is 0 Å². The van der Waals surface area contributed by atoms with E-state index in [0.29, 0.717) is 11.5 Å². The zero-order valence-electron chi connectivity index (χ0n) is 18.6. The molecule has 0 aliphatic rings. The van der Waals surface area contributed by atoms with Crippen molar-refractivity contribution in [3.8, 4) is 34.0 Å². The van der Waals surface area contributed by atoms with Crippen LogP contribution in [0.2, 0.25) is 0 Å². The van der Waals surface area contributed by atoms with Crippen molar-refractivity contribution in [1.82, 2.24) is 14.5 Å². The van der Waals surface area contributed by atoms with Crippen LogP contribution in [0, 0.1) is 17.9 Å². The van der Waals surface area contributed by atoms with Gasteiger partial charge in [0.25, 0.3) is 5.82 Å². The Morgan fingerprint density at radius 1 is 0.686 bits per heavy atom. The number of pyridine rings is 2. The molecular formula is C30H17N5. The highest BCUT2D eigenvalue weighted by Gasteiger charge is 2.20. The number of benzene rings is 3. The van der Waals surface area contributed by atoms with E-state index in [1.54, 1.807) is 24.5 Å². The van der Waals surface area contributed by atoms with Gasteiger partial charge in [-0.2, -0.15) is 5.26 Å². The molecule has 0 unspecified atom stereocenters. The van der Waals surface area contributed by atoms with E-state index in [-0.39, 0.29) is 0 Å². The van der Waals surface area contributed by atoms with Gasteiger partial charge in [0.1, 0.15) is 18.0 Å². The van der Waals surface area contributed by atoms with Gasteiger partial charge in [-0.05, 0) is 30.3 Å². The molecule has 3 aromatic carbocycles. The molecule has 6 rings (SSSR count). The lowest BCUT2D eigenvalue weighted by Gasteiger charge is -2.18. The monoisotopic (exact) mass is 447 g/mol. The van der Waals surface area contributed by atoms with Gasteiger partial charge in [-0.3, -0.25) is 0 Å². The standard InChI is InChI=1S/C30H17N5/c1-32-29-16-14-21(19-34-29)24-10-6-9-23(20-13-15-22(17-31)33-18-20)30(24)35-27-11-4-2-7-25(27)26-8-3-5-12-28(26)35/h2-16,18-19H. The topological polar surface area (TPSA) is 58.9 Å². The van der Waals surface area contributed by atoms with Gasteiger partial charge in [0.05, 0.1) is 16.7 Å². The molecule has 35 heavy (non-hydrogen) atoms. The van der Waals surface area contributed by atoms with E-state index in [1.807, 2.05) is 18.2 Å². The van der Waals surface area contributed by atoms with Crippen LogP contribution >= 0.6 is 0 Å². The SMILES string of the molecule is [C-]#[N+]c1ccc(-c2cccc(-c3ccc(C#N)nc3)c2-n2c3ccccc3c3ccccc32)cn1. The van der Waals surface area contributed by atoms with Gasteiger partial charge < -0.3 is 9.41 Å². The van der Waals surface area contributed by atoms with Crippen LogP contribution in [0.4, 0.5) is 5.82 Å². The Labute approximate surface area is 202 Å². The lowest BCUT2D eigenvalue weighted by Crippen LogP contribution is -2.01. The summed E-state index contributed by atoms with van der Waals surface area (Å²) in [5.41, 5.74) is 7.36. The molecule has 0 atom stereocenters. The fraction of sp³-hybridized carbons (Fsp3) is 0. The maximum atomic E-state index is 9.23. The molecule has 3 heterocycles. The second-order valence-corrected chi connectivity index (χ2v) is 8.13. The summed E-state index contributed by atoms with van der Waals surface area (Å²) in [7, 11) is 0. The molecule has 3 aromatic heterocycles. The molecule has 0 aliphatic heterocycles. The van der Waals surface area contributed by atoms with E-state index < -0.39 is 0 Å². The van der Waals surface area contributed by atoms with Gasteiger partial charge >= 0.3 is 0 Å². The maximum absolute atomic E-state index is 9.23. The van der Waals surface area contributed by atoms with Crippen molar-refractivity contribution < 1.29 is 0 Å². The quantitative estimate of drug-likeness (QED) is 0.267. The Morgan fingerprint density at radius 2 is 1.29 bits per heavy atom. The number of hydrogen-bond donors (Lipinski definition) is 0. The Kier molecular flexibility index (Phi) is 4.80. The normalized spacial score (nSPS) is 10.8. The lowest BCUT2D eigenvalue weighted by atomic mass is 9.97. The molecule has 0 aliphatic carbocycles. The number of nitriles is 1. The molecule has 0 bridgehead atoms. The Balaban J connectivity index is 1.74. The minimum atomic E-state index is 0.361. The van der Waals surface area contributed by atoms with Gasteiger partial charge in [0, 0.05) is 39.2 Å². The van der Waals surface area contributed by atoms with Gasteiger partial charge in [-0.25, -0.2) is 4.98 Å². The van der Waals surface area contributed by atoms with E-state index in [4.69, 9.17) is 6.57 Å². The smallest absolute Gasteiger partial charge is 0.269 e. The van der Waals surface area contributed by atoms with Gasteiger partial charge in [0.15, 0.2) is 0 Å². The average molecular weight is 448 g/mol. The van der Waals surface area contributed by atoms with E-state index in [0.717, 1.165) is 39.0 Å².